The summed E-state index contributed by atoms with van der Waals surface area (Å²) in [5, 5.41) is 14.0. The van der Waals surface area contributed by atoms with Gasteiger partial charge >= 0.3 is 0 Å². The lowest BCUT2D eigenvalue weighted by Gasteiger charge is -2.10. The summed E-state index contributed by atoms with van der Waals surface area (Å²) in [6, 6.07) is 0. The lowest BCUT2D eigenvalue weighted by molar-refractivity contribution is 0.459. The molecule has 1 aromatic carbocycles. The summed E-state index contributed by atoms with van der Waals surface area (Å²) in [5.74, 6) is -0.0267. The number of aromatic nitrogens is 1. The first-order valence-corrected chi connectivity index (χ1v) is 5.17. The van der Waals surface area contributed by atoms with Crippen molar-refractivity contribution in [2.45, 2.75) is 27.7 Å². The number of rotatable bonds is 1. The molecule has 3 N–H and O–H groups in total. The summed E-state index contributed by atoms with van der Waals surface area (Å²) < 4.78 is 0. The van der Waals surface area contributed by atoms with Gasteiger partial charge in [0.25, 0.3) is 0 Å². The van der Waals surface area contributed by atoms with Crippen LogP contribution in [-0.2, 0) is 0 Å². The van der Waals surface area contributed by atoms with Gasteiger partial charge in [-0.15, -0.1) is 0 Å². The molecule has 0 saturated carbocycles. The van der Waals surface area contributed by atoms with Crippen LogP contribution < -0.4 is 0 Å². The summed E-state index contributed by atoms with van der Waals surface area (Å²) in [4.78, 5) is 2.90. The fraction of sp³-hybridized carbons (Fsp3) is 0.333. The minimum atomic E-state index is -0.0267. The molecule has 0 atom stereocenters. The number of benzene rings is 1. The van der Waals surface area contributed by atoms with Gasteiger partial charge in [-0.2, -0.15) is 5.11 Å². The van der Waals surface area contributed by atoms with E-state index in [0.717, 1.165) is 22.0 Å². The van der Waals surface area contributed by atoms with E-state index in [2.05, 4.69) is 23.9 Å². The summed E-state index contributed by atoms with van der Waals surface area (Å²) in [7, 11) is 0. The Morgan fingerprint density at radius 2 is 1.56 bits per heavy atom. The summed E-state index contributed by atoms with van der Waals surface area (Å²) in [6.07, 6.45) is 0. The van der Waals surface area contributed by atoms with Crippen molar-refractivity contribution in [1.82, 2.24) is 4.98 Å². The highest BCUT2D eigenvalue weighted by atomic mass is 16.3. The van der Waals surface area contributed by atoms with E-state index < -0.39 is 0 Å². The molecule has 16 heavy (non-hydrogen) atoms. The minimum Gasteiger partial charge on any atom is -0.493 e. The van der Waals surface area contributed by atoms with Gasteiger partial charge in [0.2, 0.25) is 5.88 Å². The number of hydrogen-bond acceptors (Lipinski definition) is 3. The van der Waals surface area contributed by atoms with Gasteiger partial charge in [-0.3, -0.25) is 0 Å². The highest BCUT2D eigenvalue weighted by molar-refractivity contribution is 5.99. The second kappa shape index (κ2) is 3.33. The van der Waals surface area contributed by atoms with Crippen LogP contribution in [0.3, 0.4) is 0 Å². The molecular weight excluding hydrogens is 202 g/mol. The highest BCUT2D eigenvalue weighted by Gasteiger charge is 2.17. The molecule has 0 aliphatic heterocycles. The Hall–Kier alpha value is -1.84. The molecule has 0 radical (unpaired) electrons. The molecule has 1 heterocycles. The largest absolute Gasteiger partial charge is 0.493 e. The summed E-state index contributed by atoms with van der Waals surface area (Å²) in [5.41, 5.74) is 12.9. The Labute approximate surface area is 93.8 Å². The normalized spacial score (nSPS) is 11.0. The van der Waals surface area contributed by atoms with Crippen LogP contribution in [0.1, 0.15) is 22.3 Å². The van der Waals surface area contributed by atoms with Gasteiger partial charge in [-0.1, -0.05) is 0 Å². The van der Waals surface area contributed by atoms with E-state index in [0.29, 0.717) is 5.69 Å². The quantitative estimate of drug-likeness (QED) is 0.625. The molecule has 1 aromatic heterocycles. The smallest absolute Gasteiger partial charge is 0.218 e. The standard InChI is InChI=1S/C12H15N3O/c1-5-6(2)8(4)10-9(7(5)3)11(15-13)12(16)14-10/h13-14,16H,1-4H3. The Morgan fingerprint density at radius 3 is 2.12 bits per heavy atom. The van der Waals surface area contributed by atoms with Crippen molar-refractivity contribution in [1.29, 1.82) is 5.53 Å². The average Bonchev–Trinajstić information content (AvgIpc) is 2.60. The minimum absolute atomic E-state index is 0.0267. The SMILES string of the molecule is Cc1c(C)c(C)c2c(N=N)c(O)[nH]c2c1C. The van der Waals surface area contributed by atoms with Gasteiger partial charge in [0, 0.05) is 5.39 Å². The average molecular weight is 217 g/mol. The molecule has 0 amide bonds. The van der Waals surface area contributed by atoms with Crippen LogP contribution in [0.15, 0.2) is 5.11 Å². The first-order chi connectivity index (χ1) is 7.49. The monoisotopic (exact) mass is 217 g/mol. The molecule has 0 bridgehead atoms. The van der Waals surface area contributed by atoms with Crippen LogP contribution in [0.5, 0.6) is 5.88 Å². The molecule has 4 heteroatoms. The van der Waals surface area contributed by atoms with Crippen molar-refractivity contribution in [3.63, 3.8) is 0 Å². The van der Waals surface area contributed by atoms with E-state index in [1.54, 1.807) is 0 Å². The molecule has 2 aromatic rings. The van der Waals surface area contributed by atoms with Crippen molar-refractivity contribution in [3.05, 3.63) is 22.3 Å². The Kier molecular flexibility index (Phi) is 2.22. The summed E-state index contributed by atoms with van der Waals surface area (Å²) >= 11 is 0. The fourth-order valence-electron chi connectivity index (χ4n) is 2.17. The molecule has 0 fully saturated rings. The molecule has 2 rings (SSSR count). The zero-order chi connectivity index (χ0) is 12.0. The molecule has 0 unspecified atom stereocenters. The lowest BCUT2D eigenvalue weighted by Crippen LogP contribution is -1.92. The predicted molar refractivity (Wildman–Crippen MR) is 63.7 cm³/mol. The Balaban J connectivity index is 3.08. The maximum absolute atomic E-state index is 9.70. The van der Waals surface area contributed by atoms with E-state index >= 15 is 0 Å². The van der Waals surface area contributed by atoms with Crippen molar-refractivity contribution < 1.29 is 5.11 Å². The van der Waals surface area contributed by atoms with Gasteiger partial charge in [0.1, 0.15) is 0 Å². The number of H-pyrrole nitrogens is 1. The second-order valence-corrected chi connectivity index (χ2v) is 4.18. The molecule has 0 spiro atoms. The predicted octanol–water partition coefficient (Wildman–Crippen LogP) is 3.77. The first-order valence-electron chi connectivity index (χ1n) is 5.17. The second-order valence-electron chi connectivity index (χ2n) is 4.18. The van der Waals surface area contributed by atoms with E-state index in [4.69, 9.17) is 5.53 Å². The molecule has 0 aliphatic rings. The molecular formula is C12H15N3O. The van der Waals surface area contributed by atoms with E-state index in [-0.39, 0.29) is 5.88 Å². The topological polar surface area (TPSA) is 72.2 Å². The maximum Gasteiger partial charge on any atom is 0.218 e. The van der Waals surface area contributed by atoms with Crippen molar-refractivity contribution in [3.8, 4) is 5.88 Å². The van der Waals surface area contributed by atoms with E-state index in [1.807, 2.05) is 13.8 Å². The van der Waals surface area contributed by atoms with Crippen molar-refractivity contribution in [2.24, 2.45) is 5.11 Å². The first kappa shape index (κ1) is 10.7. The van der Waals surface area contributed by atoms with Crippen molar-refractivity contribution in [2.75, 3.05) is 0 Å². The van der Waals surface area contributed by atoms with Crippen LogP contribution in [0.4, 0.5) is 5.69 Å². The number of aromatic amines is 1. The van der Waals surface area contributed by atoms with Gasteiger partial charge in [-0.25, -0.2) is 5.53 Å². The number of nitrogens with zero attached hydrogens (tertiary/aromatic N) is 1. The third kappa shape index (κ3) is 1.16. The zero-order valence-electron chi connectivity index (χ0n) is 9.89. The van der Waals surface area contributed by atoms with Crippen LogP contribution in [-0.4, -0.2) is 10.1 Å². The number of fused-ring (bicyclic) bond motifs is 1. The van der Waals surface area contributed by atoms with E-state index in [1.165, 1.54) is 11.1 Å². The molecule has 0 saturated heterocycles. The fourth-order valence-corrected chi connectivity index (χ4v) is 2.17. The van der Waals surface area contributed by atoms with Crippen molar-refractivity contribution >= 4 is 16.6 Å². The molecule has 0 aliphatic carbocycles. The van der Waals surface area contributed by atoms with Gasteiger partial charge in [0.15, 0.2) is 5.69 Å². The van der Waals surface area contributed by atoms with Crippen LogP contribution in [0.2, 0.25) is 0 Å². The Morgan fingerprint density at radius 1 is 1.00 bits per heavy atom. The van der Waals surface area contributed by atoms with Crippen LogP contribution >= 0.6 is 0 Å². The number of hydrogen-bond donors (Lipinski definition) is 3. The molecule has 84 valence electrons. The maximum atomic E-state index is 9.70. The number of aryl methyl sites for hydroxylation is 2. The van der Waals surface area contributed by atoms with E-state index in [9.17, 15) is 5.11 Å². The Bertz CT molecular complexity index is 596. The number of nitrogens with one attached hydrogen (secondary N) is 2. The van der Waals surface area contributed by atoms with Gasteiger partial charge < -0.3 is 10.1 Å². The zero-order valence-corrected chi connectivity index (χ0v) is 9.89. The summed E-state index contributed by atoms with van der Waals surface area (Å²) in [6.45, 7) is 8.11. The highest BCUT2D eigenvalue weighted by Crippen LogP contribution is 2.40. The lowest BCUT2D eigenvalue weighted by atomic mass is 9.95. The third-order valence-electron chi connectivity index (χ3n) is 3.50. The van der Waals surface area contributed by atoms with Gasteiger partial charge in [0.05, 0.1) is 5.52 Å². The van der Waals surface area contributed by atoms with Gasteiger partial charge in [-0.05, 0) is 49.9 Å². The van der Waals surface area contributed by atoms with Crippen LogP contribution in [0, 0.1) is 33.2 Å². The third-order valence-corrected chi connectivity index (χ3v) is 3.50. The van der Waals surface area contributed by atoms with Crippen LogP contribution in [0.25, 0.3) is 10.9 Å². The molecule has 4 nitrogen and oxygen atoms in total. The number of aromatic hydroxyl groups is 1.